The van der Waals surface area contributed by atoms with E-state index in [1.807, 2.05) is 30.3 Å². The highest BCUT2D eigenvalue weighted by molar-refractivity contribution is 6.31. The molecule has 0 saturated heterocycles. The van der Waals surface area contributed by atoms with Crippen LogP contribution in [0.3, 0.4) is 0 Å². The topological polar surface area (TPSA) is 67.5 Å². The smallest absolute Gasteiger partial charge is 0.0728 e. The van der Waals surface area contributed by atoms with Crippen molar-refractivity contribution in [2.45, 2.75) is 13.0 Å². The number of nitrogens with one attached hydrogen (secondary N) is 1. The molecule has 0 fully saturated rings. The summed E-state index contributed by atoms with van der Waals surface area (Å²) in [5.41, 5.74) is 10.3. The maximum Gasteiger partial charge on any atom is 0.0728 e. The van der Waals surface area contributed by atoms with E-state index in [0.717, 1.165) is 22.5 Å². The predicted octanol–water partition coefficient (Wildman–Crippen LogP) is 3.35. The molecule has 0 amide bonds. The van der Waals surface area contributed by atoms with Gasteiger partial charge in [0.25, 0.3) is 0 Å². The number of rotatable bonds is 6. The van der Waals surface area contributed by atoms with E-state index in [1.165, 1.54) is 0 Å². The maximum absolute atomic E-state index is 8.90. The van der Waals surface area contributed by atoms with E-state index in [9.17, 15) is 0 Å². The minimum Gasteiger partial charge on any atom is -0.397 e. The molecule has 0 unspecified atom stereocenters. The van der Waals surface area contributed by atoms with Crippen molar-refractivity contribution in [2.75, 3.05) is 24.8 Å². The van der Waals surface area contributed by atoms with Crippen LogP contribution in [0.25, 0.3) is 0 Å². The van der Waals surface area contributed by atoms with Crippen LogP contribution in [0.15, 0.2) is 36.4 Å². The summed E-state index contributed by atoms with van der Waals surface area (Å²) in [5, 5.41) is 12.8. The number of ether oxygens (including phenoxy) is 1. The van der Waals surface area contributed by atoms with Crippen LogP contribution in [-0.2, 0) is 17.8 Å². The lowest BCUT2D eigenvalue weighted by molar-refractivity contribution is 0.185. The number of anilines is 3. The van der Waals surface area contributed by atoms with Gasteiger partial charge in [-0.3, -0.25) is 0 Å². The third kappa shape index (κ3) is 4.11. The van der Waals surface area contributed by atoms with Gasteiger partial charge in [0.15, 0.2) is 0 Å². The van der Waals surface area contributed by atoms with E-state index in [2.05, 4.69) is 5.32 Å². The Morgan fingerprint density at radius 3 is 2.57 bits per heavy atom. The number of nitrogens with two attached hydrogens (primary N) is 1. The van der Waals surface area contributed by atoms with Crippen molar-refractivity contribution in [3.8, 4) is 0 Å². The molecule has 0 spiro atoms. The summed E-state index contributed by atoms with van der Waals surface area (Å²) in [7, 11) is 1.62. The summed E-state index contributed by atoms with van der Waals surface area (Å²) in [6.45, 7) is 0.579. The van der Waals surface area contributed by atoms with Crippen molar-refractivity contribution < 1.29 is 9.84 Å². The highest BCUT2D eigenvalue weighted by atomic mass is 35.5. The third-order valence-electron chi connectivity index (χ3n) is 3.15. The molecule has 0 bridgehead atoms. The Bertz CT molecular complexity index is 600. The fraction of sp³-hybridized carbons (Fsp3) is 0.250. The van der Waals surface area contributed by atoms with Crippen molar-refractivity contribution >= 4 is 28.7 Å². The van der Waals surface area contributed by atoms with Crippen molar-refractivity contribution in [1.29, 1.82) is 0 Å². The summed E-state index contributed by atoms with van der Waals surface area (Å²) < 4.78 is 5.08. The number of halogens is 1. The van der Waals surface area contributed by atoms with Crippen molar-refractivity contribution in [3.63, 3.8) is 0 Å². The van der Waals surface area contributed by atoms with Gasteiger partial charge in [-0.15, -0.1) is 0 Å². The average Bonchev–Trinajstić information content (AvgIpc) is 2.47. The zero-order valence-electron chi connectivity index (χ0n) is 11.9. The molecule has 4 N–H and O–H groups in total. The van der Waals surface area contributed by atoms with Crippen LogP contribution in [0.4, 0.5) is 17.1 Å². The predicted molar refractivity (Wildman–Crippen MR) is 87.1 cm³/mol. The second-order valence-corrected chi connectivity index (χ2v) is 5.17. The van der Waals surface area contributed by atoms with Crippen molar-refractivity contribution in [3.05, 3.63) is 52.5 Å². The molecule has 2 aromatic rings. The van der Waals surface area contributed by atoms with Crippen LogP contribution in [0.5, 0.6) is 0 Å². The SMILES string of the molecule is COCc1cc(N)c(Nc2ccc(CCO)cc2)cc1Cl. The van der Waals surface area contributed by atoms with E-state index in [1.54, 1.807) is 13.2 Å². The number of hydrogen-bond acceptors (Lipinski definition) is 4. The van der Waals surface area contributed by atoms with Gasteiger partial charge in [-0.05, 0) is 41.8 Å². The Morgan fingerprint density at radius 2 is 1.95 bits per heavy atom. The third-order valence-corrected chi connectivity index (χ3v) is 3.50. The first-order chi connectivity index (χ1) is 10.1. The highest BCUT2D eigenvalue weighted by Crippen LogP contribution is 2.30. The molecule has 0 atom stereocenters. The zero-order valence-corrected chi connectivity index (χ0v) is 12.7. The zero-order chi connectivity index (χ0) is 15.2. The molecule has 0 aliphatic rings. The summed E-state index contributed by atoms with van der Waals surface area (Å²) in [5.74, 6) is 0. The number of aliphatic hydroxyl groups is 1. The first kappa shape index (κ1) is 15.6. The Morgan fingerprint density at radius 1 is 1.24 bits per heavy atom. The van der Waals surface area contributed by atoms with Gasteiger partial charge >= 0.3 is 0 Å². The minimum absolute atomic E-state index is 0.149. The molecular weight excluding hydrogens is 288 g/mol. The molecule has 0 radical (unpaired) electrons. The molecule has 2 aromatic carbocycles. The number of benzene rings is 2. The monoisotopic (exact) mass is 306 g/mol. The van der Waals surface area contributed by atoms with Gasteiger partial charge in [-0.2, -0.15) is 0 Å². The molecule has 0 saturated carbocycles. The normalized spacial score (nSPS) is 10.6. The lowest BCUT2D eigenvalue weighted by Crippen LogP contribution is -1.99. The summed E-state index contributed by atoms with van der Waals surface area (Å²) in [6, 6.07) is 11.4. The molecule has 0 aliphatic heterocycles. The number of nitrogen functional groups attached to an aromatic ring is 1. The molecular formula is C16H19ClN2O2. The second kappa shape index (κ2) is 7.31. The Hall–Kier alpha value is -1.75. The number of aliphatic hydroxyl groups excluding tert-OH is 1. The first-order valence-electron chi connectivity index (χ1n) is 6.67. The minimum atomic E-state index is 0.149. The van der Waals surface area contributed by atoms with E-state index in [-0.39, 0.29) is 6.61 Å². The molecule has 112 valence electrons. The standard InChI is InChI=1S/C16H19ClN2O2/c1-21-10-12-8-15(18)16(9-14(12)17)19-13-4-2-11(3-5-13)6-7-20/h2-5,8-9,19-20H,6-7,10,18H2,1H3. The van der Waals surface area contributed by atoms with Gasteiger partial charge in [0.1, 0.15) is 0 Å². The van der Waals surface area contributed by atoms with Crippen LogP contribution >= 0.6 is 11.6 Å². The van der Waals surface area contributed by atoms with E-state index in [0.29, 0.717) is 23.7 Å². The summed E-state index contributed by atoms with van der Waals surface area (Å²) in [4.78, 5) is 0. The quantitative estimate of drug-likeness (QED) is 0.716. The van der Waals surface area contributed by atoms with Crippen LogP contribution in [0, 0.1) is 0 Å². The molecule has 0 aromatic heterocycles. The van der Waals surface area contributed by atoms with Crippen LogP contribution in [0.2, 0.25) is 5.02 Å². The molecule has 0 aliphatic carbocycles. The fourth-order valence-electron chi connectivity index (χ4n) is 2.05. The molecule has 0 heterocycles. The Kier molecular flexibility index (Phi) is 5.44. The van der Waals surface area contributed by atoms with E-state index < -0.39 is 0 Å². The lowest BCUT2D eigenvalue weighted by Gasteiger charge is -2.13. The average molecular weight is 307 g/mol. The first-order valence-corrected chi connectivity index (χ1v) is 7.05. The van der Waals surface area contributed by atoms with E-state index in [4.69, 9.17) is 27.2 Å². The van der Waals surface area contributed by atoms with Gasteiger partial charge in [0, 0.05) is 24.4 Å². The van der Waals surface area contributed by atoms with Gasteiger partial charge in [-0.1, -0.05) is 23.7 Å². The number of methoxy groups -OCH3 is 1. The van der Waals surface area contributed by atoms with Gasteiger partial charge in [-0.25, -0.2) is 0 Å². The van der Waals surface area contributed by atoms with Crippen LogP contribution in [0.1, 0.15) is 11.1 Å². The molecule has 21 heavy (non-hydrogen) atoms. The van der Waals surface area contributed by atoms with Gasteiger partial charge < -0.3 is 20.9 Å². The lowest BCUT2D eigenvalue weighted by atomic mass is 10.1. The maximum atomic E-state index is 8.90. The van der Waals surface area contributed by atoms with E-state index >= 15 is 0 Å². The Labute approximate surface area is 129 Å². The fourth-order valence-corrected chi connectivity index (χ4v) is 2.27. The number of hydrogen-bond donors (Lipinski definition) is 3. The van der Waals surface area contributed by atoms with Crippen molar-refractivity contribution in [1.82, 2.24) is 0 Å². The highest BCUT2D eigenvalue weighted by Gasteiger charge is 2.07. The van der Waals surface area contributed by atoms with Crippen molar-refractivity contribution in [2.24, 2.45) is 0 Å². The molecule has 5 heteroatoms. The van der Waals surface area contributed by atoms with Gasteiger partial charge in [0.05, 0.1) is 18.0 Å². The second-order valence-electron chi connectivity index (χ2n) is 4.76. The largest absolute Gasteiger partial charge is 0.397 e. The molecule has 4 nitrogen and oxygen atoms in total. The van der Waals surface area contributed by atoms with Gasteiger partial charge in [0.2, 0.25) is 0 Å². The Balaban J connectivity index is 2.17. The van der Waals surface area contributed by atoms with Crippen LogP contribution < -0.4 is 11.1 Å². The summed E-state index contributed by atoms with van der Waals surface area (Å²) >= 11 is 6.21. The van der Waals surface area contributed by atoms with Crippen LogP contribution in [-0.4, -0.2) is 18.8 Å². The summed E-state index contributed by atoms with van der Waals surface area (Å²) in [6.07, 6.45) is 0.653. The molecule has 2 rings (SSSR count).